The summed E-state index contributed by atoms with van der Waals surface area (Å²) in [5, 5.41) is 2.66. The topological polar surface area (TPSA) is 46.2 Å². The van der Waals surface area contributed by atoms with Crippen molar-refractivity contribution < 1.29 is 9.59 Å². The fourth-order valence-electron chi connectivity index (χ4n) is 2.49. The largest absolute Gasteiger partial charge is 0.324 e. The number of carbonyl (C=O) groups is 2. The minimum Gasteiger partial charge on any atom is -0.324 e. The van der Waals surface area contributed by atoms with Gasteiger partial charge >= 0.3 is 0 Å². The Morgan fingerprint density at radius 2 is 2.06 bits per heavy atom. The minimum absolute atomic E-state index is 0.0195. The molecule has 4 heteroatoms. The van der Waals surface area contributed by atoms with Gasteiger partial charge in [0.2, 0.25) is 5.91 Å². The number of anilines is 1. The van der Waals surface area contributed by atoms with Crippen molar-refractivity contribution in [2.45, 2.75) is 29.4 Å². The second kappa shape index (κ2) is 4.18. The van der Waals surface area contributed by atoms with Crippen LogP contribution in [0.1, 0.15) is 19.3 Å². The molecule has 2 unspecified atom stereocenters. The quantitative estimate of drug-likeness (QED) is 0.829. The first-order chi connectivity index (χ1) is 8.25. The molecule has 0 radical (unpaired) electrons. The van der Waals surface area contributed by atoms with E-state index in [0.29, 0.717) is 6.42 Å². The molecule has 1 aliphatic carbocycles. The third kappa shape index (κ3) is 1.86. The van der Waals surface area contributed by atoms with Gasteiger partial charge in [0, 0.05) is 17.2 Å². The van der Waals surface area contributed by atoms with Crippen LogP contribution in [0.15, 0.2) is 29.2 Å². The number of carbonyl (C=O) groups excluding carboxylic acids is 2. The zero-order chi connectivity index (χ0) is 11.8. The number of rotatable bonds is 1. The number of Topliss-reactive ketones (excluding diaryl/α,β-unsaturated/α-hetero) is 1. The lowest BCUT2D eigenvalue weighted by molar-refractivity contribution is -0.124. The molecule has 2 atom stereocenters. The lowest BCUT2D eigenvalue weighted by Crippen LogP contribution is -2.36. The van der Waals surface area contributed by atoms with E-state index < -0.39 is 0 Å². The number of ketones is 1. The summed E-state index contributed by atoms with van der Waals surface area (Å²) in [5.41, 5.74) is 0.865. The second-order valence-electron chi connectivity index (χ2n) is 4.49. The van der Waals surface area contributed by atoms with E-state index in [2.05, 4.69) is 5.32 Å². The maximum atomic E-state index is 12.0. The van der Waals surface area contributed by atoms with Crippen molar-refractivity contribution >= 4 is 29.1 Å². The molecule has 0 aromatic heterocycles. The van der Waals surface area contributed by atoms with E-state index in [1.807, 2.05) is 24.3 Å². The molecule has 1 aromatic carbocycles. The van der Waals surface area contributed by atoms with Crippen LogP contribution < -0.4 is 5.32 Å². The monoisotopic (exact) mass is 247 g/mol. The lowest BCUT2D eigenvalue weighted by Gasteiger charge is -2.27. The van der Waals surface area contributed by atoms with E-state index in [-0.39, 0.29) is 22.9 Å². The van der Waals surface area contributed by atoms with Crippen molar-refractivity contribution in [1.29, 1.82) is 0 Å². The summed E-state index contributed by atoms with van der Waals surface area (Å²) >= 11 is 1.53. The zero-order valence-corrected chi connectivity index (χ0v) is 10.1. The SMILES string of the molecule is O=C1CCCC1C1Sc2ccccc2NC1=O. The summed E-state index contributed by atoms with van der Waals surface area (Å²) in [4.78, 5) is 24.8. The van der Waals surface area contributed by atoms with Gasteiger partial charge in [0.15, 0.2) is 0 Å². The normalized spacial score (nSPS) is 27.8. The van der Waals surface area contributed by atoms with E-state index in [1.165, 1.54) is 11.8 Å². The van der Waals surface area contributed by atoms with Gasteiger partial charge < -0.3 is 5.32 Å². The summed E-state index contributed by atoms with van der Waals surface area (Å²) in [6.45, 7) is 0. The van der Waals surface area contributed by atoms with Crippen molar-refractivity contribution in [3.05, 3.63) is 24.3 Å². The maximum Gasteiger partial charge on any atom is 0.238 e. The Labute approximate surface area is 104 Å². The zero-order valence-electron chi connectivity index (χ0n) is 9.31. The Morgan fingerprint density at radius 3 is 2.82 bits per heavy atom. The predicted molar refractivity (Wildman–Crippen MR) is 67.1 cm³/mol. The van der Waals surface area contributed by atoms with Crippen LogP contribution >= 0.6 is 11.8 Å². The third-order valence-electron chi connectivity index (χ3n) is 3.37. The predicted octanol–water partition coefficient (Wildman–Crippen LogP) is 2.47. The number of fused-ring (bicyclic) bond motifs is 1. The van der Waals surface area contributed by atoms with Crippen LogP contribution in [0.25, 0.3) is 0 Å². The molecule has 2 aliphatic rings. The molecule has 1 aliphatic heterocycles. The van der Waals surface area contributed by atoms with E-state index in [4.69, 9.17) is 0 Å². The van der Waals surface area contributed by atoms with Crippen molar-refractivity contribution in [3.63, 3.8) is 0 Å². The van der Waals surface area contributed by atoms with Gasteiger partial charge in [0.25, 0.3) is 0 Å². The molecule has 0 spiro atoms. The van der Waals surface area contributed by atoms with Crippen LogP contribution in [-0.4, -0.2) is 16.9 Å². The molecule has 88 valence electrons. The number of hydrogen-bond donors (Lipinski definition) is 1. The van der Waals surface area contributed by atoms with E-state index >= 15 is 0 Å². The summed E-state index contributed by atoms with van der Waals surface area (Å²) in [6, 6.07) is 7.75. The van der Waals surface area contributed by atoms with E-state index in [0.717, 1.165) is 23.4 Å². The summed E-state index contributed by atoms with van der Waals surface area (Å²) in [5.74, 6) is 0.138. The van der Waals surface area contributed by atoms with Crippen LogP contribution in [0.4, 0.5) is 5.69 Å². The summed E-state index contributed by atoms with van der Waals surface area (Å²) in [6.07, 6.45) is 2.41. The number of thioether (sulfide) groups is 1. The van der Waals surface area contributed by atoms with Gasteiger partial charge in [-0.25, -0.2) is 0 Å². The van der Waals surface area contributed by atoms with Gasteiger partial charge in [-0.3, -0.25) is 9.59 Å². The van der Waals surface area contributed by atoms with Crippen molar-refractivity contribution in [3.8, 4) is 0 Å². The Kier molecular flexibility index (Phi) is 2.67. The molecule has 1 fully saturated rings. The fraction of sp³-hybridized carbons (Fsp3) is 0.385. The number of amides is 1. The molecule has 1 aromatic rings. The highest BCUT2D eigenvalue weighted by atomic mass is 32.2. The summed E-state index contributed by atoms with van der Waals surface area (Å²) < 4.78 is 0. The highest BCUT2D eigenvalue weighted by Gasteiger charge is 2.39. The van der Waals surface area contributed by atoms with Gasteiger partial charge in [0.1, 0.15) is 5.78 Å². The molecule has 0 saturated heterocycles. The molecular weight excluding hydrogens is 234 g/mol. The third-order valence-corrected chi connectivity index (χ3v) is 4.78. The summed E-state index contributed by atoms with van der Waals surface area (Å²) in [7, 11) is 0. The molecule has 1 amide bonds. The van der Waals surface area contributed by atoms with Gasteiger partial charge in [-0.2, -0.15) is 0 Å². The molecular formula is C13H13NO2S. The minimum atomic E-state index is -0.236. The fourth-order valence-corrected chi connectivity index (χ4v) is 3.79. The van der Waals surface area contributed by atoms with Crippen molar-refractivity contribution in [1.82, 2.24) is 0 Å². The Bertz CT molecular complexity index is 486. The number of hydrogen-bond acceptors (Lipinski definition) is 3. The Balaban J connectivity index is 1.89. The van der Waals surface area contributed by atoms with Crippen LogP contribution in [0.5, 0.6) is 0 Å². The van der Waals surface area contributed by atoms with Gasteiger partial charge in [-0.15, -0.1) is 11.8 Å². The van der Waals surface area contributed by atoms with E-state index in [9.17, 15) is 9.59 Å². The molecule has 17 heavy (non-hydrogen) atoms. The maximum absolute atomic E-state index is 12.0. The standard InChI is InChI=1S/C13H13NO2S/c15-10-6-3-4-8(10)12-13(16)14-9-5-1-2-7-11(9)17-12/h1-2,5,7-8,12H,3-4,6H2,(H,14,16). The average molecular weight is 247 g/mol. The van der Waals surface area contributed by atoms with E-state index in [1.54, 1.807) is 0 Å². The smallest absolute Gasteiger partial charge is 0.238 e. The van der Waals surface area contributed by atoms with Gasteiger partial charge in [0.05, 0.1) is 10.9 Å². The molecule has 1 heterocycles. The van der Waals surface area contributed by atoms with Crippen molar-refractivity contribution in [2.24, 2.45) is 5.92 Å². The first kappa shape index (κ1) is 10.8. The lowest BCUT2D eigenvalue weighted by atomic mass is 10.0. The number of nitrogens with one attached hydrogen (secondary N) is 1. The first-order valence-electron chi connectivity index (χ1n) is 5.85. The average Bonchev–Trinajstić information content (AvgIpc) is 2.74. The highest BCUT2D eigenvalue weighted by Crippen LogP contribution is 2.41. The second-order valence-corrected chi connectivity index (χ2v) is 5.67. The van der Waals surface area contributed by atoms with Crippen LogP contribution in [0.2, 0.25) is 0 Å². The van der Waals surface area contributed by atoms with Gasteiger partial charge in [-0.05, 0) is 25.0 Å². The highest BCUT2D eigenvalue weighted by molar-refractivity contribution is 8.01. The molecule has 1 N–H and O–H groups in total. The van der Waals surface area contributed by atoms with Gasteiger partial charge in [-0.1, -0.05) is 12.1 Å². The number of benzene rings is 1. The van der Waals surface area contributed by atoms with Crippen LogP contribution in [0.3, 0.4) is 0 Å². The Hall–Kier alpha value is -1.29. The Morgan fingerprint density at radius 1 is 1.24 bits per heavy atom. The molecule has 3 rings (SSSR count). The molecule has 3 nitrogen and oxygen atoms in total. The van der Waals surface area contributed by atoms with Crippen LogP contribution in [-0.2, 0) is 9.59 Å². The molecule has 1 saturated carbocycles. The van der Waals surface area contributed by atoms with Crippen molar-refractivity contribution in [2.75, 3.05) is 5.32 Å². The van der Waals surface area contributed by atoms with Crippen LogP contribution in [0, 0.1) is 5.92 Å². The number of para-hydroxylation sites is 1. The first-order valence-corrected chi connectivity index (χ1v) is 6.73. The molecule has 0 bridgehead atoms.